The monoisotopic (exact) mass is 314 g/mol. The molecule has 0 unspecified atom stereocenters. The molecule has 0 fully saturated rings. The molecule has 1 aromatic heterocycles. The standard InChI is InChI=1S/C20H14N2O2/c23-20(24)18-13-19(22(21-18)17-8-2-1-3-9-17)16-11-10-14-6-4-5-7-15(14)12-16/h1-13H,(H,23,24). The number of rotatable bonds is 3. The highest BCUT2D eigenvalue weighted by atomic mass is 16.4. The highest BCUT2D eigenvalue weighted by molar-refractivity contribution is 5.90. The summed E-state index contributed by atoms with van der Waals surface area (Å²) in [7, 11) is 0. The van der Waals surface area contributed by atoms with Gasteiger partial charge in [-0.05, 0) is 35.0 Å². The van der Waals surface area contributed by atoms with E-state index in [0.717, 1.165) is 27.7 Å². The van der Waals surface area contributed by atoms with Gasteiger partial charge in [0.1, 0.15) is 0 Å². The number of carboxylic acids is 1. The minimum absolute atomic E-state index is 0.0296. The van der Waals surface area contributed by atoms with Crippen molar-refractivity contribution in [3.05, 3.63) is 84.6 Å². The zero-order chi connectivity index (χ0) is 16.5. The van der Waals surface area contributed by atoms with Gasteiger partial charge in [0, 0.05) is 5.56 Å². The van der Waals surface area contributed by atoms with E-state index in [1.54, 1.807) is 10.7 Å². The van der Waals surface area contributed by atoms with Crippen LogP contribution in [0.3, 0.4) is 0 Å². The average molecular weight is 314 g/mol. The lowest BCUT2D eigenvalue weighted by Gasteiger charge is -2.08. The summed E-state index contributed by atoms with van der Waals surface area (Å²) in [5, 5.41) is 15.8. The first kappa shape index (κ1) is 14.2. The van der Waals surface area contributed by atoms with Crippen molar-refractivity contribution in [2.75, 3.05) is 0 Å². The first-order chi connectivity index (χ1) is 11.7. The fraction of sp³-hybridized carbons (Fsp3) is 0. The molecule has 0 aliphatic carbocycles. The Labute approximate surface area is 138 Å². The van der Waals surface area contributed by atoms with E-state index in [0.29, 0.717) is 0 Å². The van der Waals surface area contributed by atoms with Crippen molar-refractivity contribution in [3.8, 4) is 16.9 Å². The van der Waals surface area contributed by atoms with Crippen molar-refractivity contribution < 1.29 is 9.90 Å². The molecule has 0 spiro atoms. The van der Waals surface area contributed by atoms with E-state index in [1.165, 1.54) is 0 Å². The quantitative estimate of drug-likeness (QED) is 0.610. The van der Waals surface area contributed by atoms with Gasteiger partial charge in [-0.3, -0.25) is 0 Å². The van der Waals surface area contributed by atoms with Crippen LogP contribution >= 0.6 is 0 Å². The Hall–Kier alpha value is -3.40. The van der Waals surface area contributed by atoms with Crippen molar-refractivity contribution in [2.45, 2.75) is 0 Å². The molecular formula is C20H14N2O2. The molecule has 0 aliphatic heterocycles. The average Bonchev–Trinajstić information content (AvgIpc) is 3.08. The highest BCUT2D eigenvalue weighted by Crippen LogP contribution is 2.27. The van der Waals surface area contributed by atoms with Crippen LogP contribution in [0.1, 0.15) is 10.5 Å². The molecule has 4 rings (SSSR count). The summed E-state index contributed by atoms with van der Waals surface area (Å²) in [6, 6.07) is 25.3. The molecule has 1 N–H and O–H groups in total. The van der Waals surface area contributed by atoms with Crippen LogP contribution in [0.25, 0.3) is 27.7 Å². The second-order valence-corrected chi connectivity index (χ2v) is 5.53. The van der Waals surface area contributed by atoms with E-state index in [9.17, 15) is 9.90 Å². The third-order valence-corrected chi connectivity index (χ3v) is 3.97. The van der Waals surface area contributed by atoms with Crippen LogP contribution in [0.2, 0.25) is 0 Å². The minimum atomic E-state index is -1.04. The molecule has 4 heteroatoms. The Morgan fingerprint density at radius 1 is 0.833 bits per heavy atom. The third kappa shape index (κ3) is 2.44. The number of fused-ring (bicyclic) bond motifs is 1. The third-order valence-electron chi connectivity index (χ3n) is 3.97. The molecule has 0 saturated carbocycles. The molecule has 116 valence electrons. The van der Waals surface area contributed by atoms with Crippen LogP contribution in [0.5, 0.6) is 0 Å². The normalized spacial score (nSPS) is 10.8. The second-order valence-electron chi connectivity index (χ2n) is 5.53. The van der Waals surface area contributed by atoms with E-state index in [2.05, 4.69) is 17.2 Å². The van der Waals surface area contributed by atoms with Crippen LogP contribution in [-0.4, -0.2) is 20.9 Å². The van der Waals surface area contributed by atoms with Crippen LogP contribution in [0, 0.1) is 0 Å². The predicted molar refractivity (Wildman–Crippen MR) is 93.5 cm³/mol. The van der Waals surface area contributed by atoms with Gasteiger partial charge < -0.3 is 5.11 Å². The minimum Gasteiger partial charge on any atom is -0.476 e. The Kier molecular flexibility index (Phi) is 3.35. The van der Waals surface area contributed by atoms with Gasteiger partial charge in [-0.1, -0.05) is 54.6 Å². The second kappa shape index (κ2) is 5.66. The first-order valence-corrected chi connectivity index (χ1v) is 7.60. The van der Waals surface area contributed by atoms with Gasteiger partial charge in [0.15, 0.2) is 5.69 Å². The van der Waals surface area contributed by atoms with Gasteiger partial charge in [0.2, 0.25) is 0 Å². The van der Waals surface area contributed by atoms with Gasteiger partial charge in [0.25, 0.3) is 0 Å². The molecule has 4 aromatic rings. The fourth-order valence-corrected chi connectivity index (χ4v) is 2.81. The lowest BCUT2D eigenvalue weighted by atomic mass is 10.0. The zero-order valence-corrected chi connectivity index (χ0v) is 12.8. The van der Waals surface area contributed by atoms with E-state index in [4.69, 9.17) is 0 Å². The largest absolute Gasteiger partial charge is 0.476 e. The molecule has 4 nitrogen and oxygen atoms in total. The fourth-order valence-electron chi connectivity index (χ4n) is 2.81. The van der Waals surface area contributed by atoms with E-state index >= 15 is 0 Å². The van der Waals surface area contributed by atoms with Crippen LogP contribution in [0.4, 0.5) is 0 Å². The number of aromatic carboxylic acids is 1. The number of carbonyl (C=O) groups is 1. The van der Waals surface area contributed by atoms with Crippen LogP contribution in [-0.2, 0) is 0 Å². The van der Waals surface area contributed by atoms with Crippen molar-refractivity contribution in [3.63, 3.8) is 0 Å². The predicted octanol–water partition coefficient (Wildman–Crippen LogP) is 4.39. The first-order valence-electron chi connectivity index (χ1n) is 7.60. The SMILES string of the molecule is O=C(O)c1cc(-c2ccc3ccccc3c2)n(-c2ccccc2)n1. The van der Waals surface area contributed by atoms with Crippen LogP contribution in [0.15, 0.2) is 78.9 Å². The van der Waals surface area contributed by atoms with Gasteiger partial charge in [-0.2, -0.15) is 5.10 Å². The summed E-state index contributed by atoms with van der Waals surface area (Å²) < 4.78 is 1.67. The van der Waals surface area contributed by atoms with Crippen LogP contribution < -0.4 is 0 Å². The molecule has 0 atom stereocenters. The van der Waals surface area contributed by atoms with Crippen molar-refractivity contribution in [2.24, 2.45) is 0 Å². The molecule has 0 amide bonds. The molecular weight excluding hydrogens is 300 g/mol. The Morgan fingerprint density at radius 3 is 2.29 bits per heavy atom. The Balaban J connectivity index is 1.94. The zero-order valence-electron chi connectivity index (χ0n) is 12.8. The maximum absolute atomic E-state index is 11.4. The lowest BCUT2D eigenvalue weighted by Crippen LogP contribution is -2.02. The number of hydrogen-bond donors (Lipinski definition) is 1. The molecule has 3 aromatic carbocycles. The van der Waals surface area contributed by atoms with Crippen molar-refractivity contribution in [1.29, 1.82) is 0 Å². The van der Waals surface area contributed by atoms with Gasteiger partial charge in [0.05, 0.1) is 11.4 Å². The van der Waals surface area contributed by atoms with Gasteiger partial charge in [-0.15, -0.1) is 0 Å². The number of nitrogens with zero attached hydrogens (tertiary/aromatic N) is 2. The molecule has 24 heavy (non-hydrogen) atoms. The smallest absolute Gasteiger partial charge is 0.356 e. The van der Waals surface area contributed by atoms with Crippen molar-refractivity contribution >= 4 is 16.7 Å². The number of benzene rings is 3. The Bertz CT molecular complexity index is 1040. The number of aromatic nitrogens is 2. The summed E-state index contributed by atoms with van der Waals surface area (Å²) in [6.07, 6.45) is 0. The summed E-state index contributed by atoms with van der Waals surface area (Å²) in [4.78, 5) is 11.4. The summed E-state index contributed by atoms with van der Waals surface area (Å²) in [5.74, 6) is -1.04. The van der Waals surface area contributed by atoms with Gasteiger partial charge in [-0.25, -0.2) is 9.48 Å². The summed E-state index contributed by atoms with van der Waals surface area (Å²) in [5.41, 5.74) is 2.54. The summed E-state index contributed by atoms with van der Waals surface area (Å²) in [6.45, 7) is 0. The van der Waals surface area contributed by atoms with E-state index in [-0.39, 0.29) is 5.69 Å². The van der Waals surface area contributed by atoms with Crippen molar-refractivity contribution in [1.82, 2.24) is 9.78 Å². The molecule has 0 aliphatic rings. The molecule has 1 heterocycles. The number of para-hydroxylation sites is 1. The molecule has 0 saturated heterocycles. The number of carboxylic acid groups (broad SMARTS) is 1. The molecule has 0 radical (unpaired) electrons. The lowest BCUT2D eigenvalue weighted by molar-refractivity contribution is 0.0690. The topological polar surface area (TPSA) is 55.1 Å². The van der Waals surface area contributed by atoms with E-state index < -0.39 is 5.97 Å². The Morgan fingerprint density at radius 2 is 1.54 bits per heavy atom. The van der Waals surface area contributed by atoms with E-state index in [1.807, 2.05) is 60.7 Å². The van der Waals surface area contributed by atoms with Gasteiger partial charge >= 0.3 is 5.97 Å². The molecule has 0 bridgehead atoms. The maximum atomic E-state index is 11.4. The number of hydrogen-bond acceptors (Lipinski definition) is 2. The summed E-state index contributed by atoms with van der Waals surface area (Å²) >= 11 is 0. The highest BCUT2D eigenvalue weighted by Gasteiger charge is 2.16. The maximum Gasteiger partial charge on any atom is 0.356 e.